The van der Waals surface area contributed by atoms with E-state index in [1.807, 2.05) is 37.3 Å². The highest BCUT2D eigenvalue weighted by molar-refractivity contribution is 9.10. The van der Waals surface area contributed by atoms with E-state index < -0.39 is 6.10 Å². The van der Waals surface area contributed by atoms with E-state index in [0.29, 0.717) is 0 Å². The second kappa shape index (κ2) is 9.41. The molecular weight excluding hydrogens is 442 g/mol. The molecule has 0 saturated carbocycles. The Morgan fingerprint density at radius 2 is 1.70 bits per heavy atom. The predicted molar refractivity (Wildman–Crippen MR) is 124 cm³/mol. The second-order valence-corrected chi connectivity index (χ2v) is 8.13. The van der Waals surface area contributed by atoms with Crippen LogP contribution in [0.1, 0.15) is 39.7 Å². The van der Waals surface area contributed by atoms with Gasteiger partial charge in [-0.1, -0.05) is 36.4 Å². The fourth-order valence-electron chi connectivity index (χ4n) is 3.68. The van der Waals surface area contributed by atoms with E-state index in [1.165, 1.54) is 18.2 Å². The molecule has 6 heteroatoms. The zero-order valence-corrected chi connectivity index (χ0v) is 19.4. The minimum atomic E-state index is -0.713. The van der Waals surface area contributed by atoms with Crippen LogP contribution in [0, 0.1) is 27.7 Å². The fourth-order valence-corrected chi connectivity index (χ4v) is 4.25. The van der Waals surface area contributed by atoms with Crippen molar-refractivity contribution in [2.24, 2.45) is 5.10 Å². The van der Waals surface area contributed by atoms with Crippen molar-refractivity contribution in [1.29, 1.82) is 0 Å². The molecule has 0 aliphatic carbocycles. The number of carbonyl (C=O) groups excluding carboxylic acids is 1. The third-order valence-electron chi connectivity index (χ3n) is 5.02. The summed E-state index contributed by atoms with van der Waals surface area (Å²) in [6, 6.07) is 15.8. The minimum absolute atomic E-state index is 0.320. The molecule has 3 rings (SSSR count). The molecule has 0 unspecified atom stereocenters. The summed E-state index contributed by atoms with van der Waals surface area (Å²) in [5, 5.41) is 4.19. The largest absolute Gasteiger partial charge is 0.367 e. The maximum atomic E-state index is 12.5. The van der Waals surface area contributed by atoms with Gasteiger partial charge in [-0.2, -0.15) is 5.10 Å². The van der Waals surface area contributed by atoms with Crippen LogP contribution in [-0.2, 0) is 9.53 Å². The van der Waals surface area contributed by atoms with Gasteiger partial charge in [0.05, 0.1) is 6.21 Å². The van der Waals surface area contributed by atoms with Crippen LogP contribution in [0.4, 0.5) is 0 Å². The van der Waals surface area contributed by atoms with Crippen LogP contribution in [0.5, 0.6) is 0 Å². The van der Waals surface area contributed by atoms with Gasteiger partial charge in [0.2, 0.25) is 0 Å². The summed E-state index contributed by atoms with van der Waals surface area (Å²) < 4.78 is 8.49. The molecule has 1 atom stereocenters. The average Bonchev–Trinajstić information content (AvgIpc) is 2.92. The molecule has 1 N–H and O–H groups in total. The molecule has 0 bridgehead atoms. The highest BCUT2D eigenvalue weighted by atomic mass is 79.9. The summed E-state index contributed by atoms with van der Waals surface area (Å²) in [6.07, 6.45) is 0.954. The summed E-state index contributed by atoms with van der Waals surface area (Å²) in [4.78, 5) is 12.5. The number of hydrogen-bond donors (Lipinski definition) is 1. The summed E-state index contributed by atoms with van der Waals surface area (Å²) >= 11 is 3.68. The van der Waals surface area contributed by atoms with Crippen LogP contribution in [0.3, 0.4) is 0 Å². The Bertz CT molecular complexity index is 1070. The normalized spacial score (nSPS) is 12.3. The van der Waals surface area contributed by atoms with E-state index in [1.54, 1.807) is 6.21 Å². The van der Waals surface area contributed by atoms with Crippen LogP contribution < -0.4 is 5.43 Å². The first-order valence-corrected chi connectivity index (χ1v) is 10.5. The van der Waals surface area contributed by atoms with Crippen LogP contribution in [0.2, 0.25) is 0 Å². The van der Waals surface area contributed by atoms with Crippen LogP contribution >= 0.6 is 15.9 Å². The van der Waals surface area contributed by atoms with Gasteiger partial charge in [0, 0.05) is 34.2 Å². The maximum absolute atomic E-state index is 12.5. The van der Waals surface area contributed by atoms with Crippen molar-refractivity contribution >= 4 is 28.1 Å². The Labute approximate surface area is 185 Å². The standard InChI is InChI=1S/C24H26BrN3O2/c1-15-11-16(2)13-20(12-15)28-17(3)21(22(25)18(28)4)14-26-27-24(29)23(30-5)19-9-7-6-8-10-19/h6-14,23H,1-5H3,(H,27,29)/b26-14-/t23-/m0/s1. The van der Waals surface area contributed by atoms with E-state index in [0.717, 1.165) is 32.7 Å². The number of halogens is 1. The van der Waals surface area contributed by atoms with Gasteiger partial charge in [-0.05, 0) is 72.4 Å². The first-order chi connectivity index (χ1) is 14.3. The monoisotopic (exact) mass is 467 g/mol. The molecule has 2 aromatic carbocycles. The van der Waals surface area contributed by atoms with Gasteiger partial charge in [-0.15, -0.1) is 0 Å². The number of aryl methyl sites for hydroxylation is 2. The highest BCUT2D eigenvalue weighted by Crippen LogP contribution is 2.30. The molecule has 0 spiro atoms. The average molecular weight is 468 g/mol. The number of hydrogen-bond acceptors (Lipinski definition) is 3. The van der Waals surface area contributed by atoms with Crippen molar-refractivity contribution in [2.45, 2.75) is 33.8 Å². The zero-order chi connectivity index (χ0) is 21.8. The third-order valence-corrected chi connectivity index (χ3v) is 6.02. The molecule has 0 aliphatic rings. The molecule has 1 amide bonds. The van der Waals surface area contributed by atoms with Gasteiger partial charge in [0.15, 0.2) is 6.10 Å². The van der Waals surface area contributed by atoms with Gasteiger partial charge in [0.25, 0.3) is 5.91 Å². The number of nitrogens with one attached hydrogen (secondary N) is 1. The van der Waals surface area contributed by atoms with E-state index in [2.05, 4.69) is 70.0 Å². The Morgan fingerprint density at radius 1 is 1.07 bits per heavy atom. The number of benzene rings is 2. The highest BCUT2D eigenvalue weighted by Gasteiger charge is 2.20. The molecule has 156 valence electrons. The SMILES string of the molecule is CO[C@H](C(=O)N/N=C\c1c(Br)c(C)n(-c2cc(C)cc(C)c2)c1C)c1ccccc1. The van der Waals surface area contributed by atoms with E-state index in [4.69, 9.17) is 4.74 Å². The lowest BCUT2D eigenvalue weighted by Gasteiger charge is -2.13. The number of nitrogens with zero attached hydrogens (tertiary/aromatic N) is 2. The van der Waals surface area contributed by atoms with Gasteiger partial charge in [-0.3, -0.25) is 4.79 Å². The van der Waals surface area contributed by atoms with E-state index in [-0.39, 0.29) is 5.91 Å². The number of amides is 1. The van der Waals surface area contributed by atoms with Crippen molar-refractivity contribution in [3.63, 3.8) is 0 Å². The lowest BCUT2D eigenvalue weighted by atomic mass is 10.1. The Kier molecular flexibility index (Phi) is 6.90. The fraction of sp³-hybridized carbons (Fsp3) is 0.250. The second-order valence-electron chi connectivity index (χ2n) is 7.34. The number of aromatic nitrogens is 1. The maximum Gasteiger partial charge on any atom is 0.273 e. The van der Waals surface area contributed by atoms with Crippen molar-refractivity contribution < 1.29 is 9.53 Å². The molecule has 0 saturated heterocycles. The molecule has 3 aromatic rings. The number of rotatable bonds is 6. The summed E-state index contributed by atoms with van der Waals surface area (Å²) in [5.74, 6) is -0.320. The number of hydrazone groups is 1. The van der Waals surface area contributed by atoms with Crippen molar-refractivity contribution in [3.8, 4) is 5.69 Å². The van der Waals surface area contributed by atoms with Crippen molar-refractivity contribution in [3.05, 3.63) is 86.6 Å². The molecule has 0 radical (unpaired) electrons. The first-order valence-electron chi connectivity index (χ1n) is 9.70. The smallest absolute Gasteiger partial charge is 0.273 e. The number of methoxy groups -OCH3 is 1. The lowest BCUT2D eigenvalue weighted by molar-refractivity contribution is -0.131. The van der Waals surface area contributed by atoms with Crippen LogP contribution in [-0.4, -0.2) is 23.8 Å². The van der Waals surface area contributed by atoms with Gasteiger partial charge >= 0.3 is 0 Å². The molecular formula is C24H26BrN3O2. The van der Waals surface area contributed by atoms with Crippen LogP contribution in [0.15, 0.2) is 58.1 Å². The van der Waals surface area contributed by atoms with Gasteiger partial charge in [0.1, 0.15) is 0 Å². The predicted octanol–water partition coefficient (Wildman–Crippen LogP) is 5.31. The summed E-state index contributed by atoms with van der Waals surface area (Å²) in [7, 11) is 1.51. The van der Waals surface area contributed by atoms with Gasteiger partial charge in [-0.25, -0.2) is 5.43 Å². The topological polar surface area (TPSA) is 55.6 Å². The Balaban J connectivity index is 1.85. The first kappa shape index (κ1) is 22.0. The third kappa shape index (κ3) is 4.55. The molecule has 0 fully saturated rings. The summed E-state index contributed by atoms with van der Waals surface area (Å²) in [6.45, 7) is 8.29. The number of carbonyl (C=O) groups is 1. The molecule has 1 heterocycles. The molecule has 0 aliphatic heterocycles. The van der Waals surface area contributed by atoms with E-state index in [9.17, 15) is 4.79 Å². The minimum Gasteiger partial charge on any atom is -0.367 e. The Morgan fingerprint density at radius 3 is 2.30 bits per heavy atom. The van der Waals surface area contributed by atoms with Crippen LogP contribution in [0.25, 0.3) is 5.69 Å². The van der Waals surface area contributed by atoms with Crippen molar-refractivity contribution in [1.82, 2.24) is 9.99 Å². The zero-order valence-electron chi connectivity index (χ0n) is 17.9. The van der Waals surface area contributed by atoms with E-state index >= 15 is 0 Å². The Hall–Kier alpha value is -2.70. The molecule has 30 heavy (non-hydrogen) atoms. The molecule has 5 nitrogen and oxygen atoms in total. The van der Waals surface area contributed by atoms with Crippen molar-refractivity contribution in [2.75, 3.05) is 7.11 Å². The van der Waals surface area contributed by atoms with Gasteiger partial charge < -0.3 is 9.30 Å². The molecule has 1 aromatic heterocycles. The number of ether oxygens (including phenoxy) is 1. The summed E-state index contributed by atoms with van der Waals surface area (Å²) in [5.41, 5.74) is 9.93. The quantitative estimate of drug-likeness (QED) is 0.394. The lowest BCUT2D eigenvalue weighted by Crippen LogP contribution is -2.26.